The summed E-state index contributed by atoms with van der Waals surface area (Å²) in [4.78, 5) is 0. The molecule has 0 aromatic heterocycles. The van der Waals surface area contributed by atoms with Gasteiger partial charge in [0, 0.05) is 0 Å². The van der Waals surface area contributed by atoms with Crippen LogP contribution in [-0.2, 0) is 0 Å². The Labute approximate surface area is 592 Å². The lowest BCUT2D eigenvalue weighted by molar-refractivity contribution is 1.46. The molecule has 16 aromatic carbocycles. The van der Waals surface area contributed by atoms with E-state index < -0.39 is 0 Å². The highest BCUT2D eigenvalue weighted by atomic mass is 14.2. The van der Waals surface area contributed by atoms with Crippen LogP contribution < -0.4 is 0 Å². The summed E-state index contributed by atoms with van der Waals surface area (Å²) < 4.78 is 0. The Bertz CT molecular complexity index is 5300. The molecule has 0 atom stereocenters. The van der Waals surface area contributed by atoms with Crippen LogP contribution in [0.1, 0.15) is 22.3 Å². The zero-order valence-electron chi connectivity index (χ0n) is 57.3. The Kier molecular flexibility index (Phi) is 21.5. The van der Waals surface area contributed by atoms with Crippen LogP contribution in [0.4, 0.5) is 0 Å². The third-order valence-corrected chi connectivity index (χ3v) is 18.4. The highest BCUT2D eigenvalue weighted by Crippen LogP contribution is 2.40. The number of aryl methyl sites for hydroxylation is 4. The number of benzene rings is 16. The average molecular weight is 1280 g/mol. The molecule has 0 N–H and O–H groups in total. The minimum atomic E-state index is 1.25. The highest BCUT2D eigenvalue weighted by Gasteiger charge is 2.14. The molecule has 0 spiro atoms. The van der Waals surface area contributed by atoms with E-state index in [2.05, 4.69) is 440 Å². The number of hydrogen-bond acceptors (Lipinski definition) is 0. The van der Waals surface area contributed by atoms with Crippen molar-refractivity contribution in [2.75, 3.05) is 0 Å². The van der Waals surface area contributed by atoms with E-state index in [4.69, 9.17) is 0 Å². The molecule has 16 aromatic rings. The van der Waals surface area contributed by atoms with E-state index in [1.54, 1.807) is 0 Å². The lowest BCUT2D eigenvalue weighted by Crippen LogP contribution is -1.89. The van der Waals surface area contributed by atoms with Gasteiger partial charge in [0.2, 0.25) is 0 Å². The van der Waals surface area contributed by atoms with Gasteiger partial charge in [-0.2, -0.15) is 0 Å². The van der Waals surface area contributed by atoms with Crippen LogP contribution in [0.3, 0.4) is 0 Å². The molecule has 0 aliphatic carbocycles. The molecule has 0 aliphatic heterocycles. The first-order valence-corrected chi connectivity index (χ1v) is 34.5. The fourth-order valence-electron chi connectivity index (χ4n) is 13.1. The fourth-order valence-corrected chi connectivity index (χ4v) is 13.1. The largest absolute Gasteiger partial charge is 0.0622 e. The molecule has 0 amide bonds. The van der Waals surface area contributed by atoms with Crippen molar-refractivity contribution >= 4 is 0 Å². The van der Waals surface area contributed by atoms with Gasteiger partial charge < -0.3 is 0 Å². The van der Waals surface area contributed by atoms with Crippen molar-refractivity contribution in [2.45, 2.75) is 27.7 Å². The zero-order valence-corrected chi connectivity index (χ0v) is 57.3. The first-order valence-electron chi connectivity index (χ1n) is 34.5. The number of rotatable bonds is 12. The predicted octanol–water partition coefficient (Wildman–Crippen LogP) is 28.0. The first kappa shape index (κ1) is 66.1. The van der Waals surface area contributed by atoms with Crippen molar-refractivity contribution in [3.63, 3.8) is 0 Å². The molecule has 16 rings (SSSR count). The van der Waals surface area contributed by atoms with Gasteiger partial charge in [0.15, 0.2) is 0 Å². The SMILES string of the molecule is Cc1ccc(-c2ccccc2-c2cccc(-c3ccccc3)c2)cc1.Cc1ccc(-c2ccccc2-c2ccccc2-c2ccccc2)cc1.Cc1ccccc1-c1cccc(-c2cccc(-c3ccccc3)c2)c1.Cc1ccccc1-c1cccc(-c2ccccc2-c2ccccc2)c1. The molecule has 0 nitrogen and oxygen atoms in total. The Morgan fingerprint density at radius 3 is 0.600 bits per heavy atom. The highest BCUT2D eigenvalue weighted by molar-refractivity contribution is 5.92. The molecule has 0 heterocycles. The van der Waals surface area contributed by atoms with Crippen LogP contribution in [0, 0.1) is 27.7 Å². The van der Waals surface area contributed by atoms with Gasteiger partial charge in [0.1, 0.15) is 0 Å². The van der Waals surface area contributed by atoms with Crippen molar-refractivity contribution in [1.82, 2.24) is 0 Å². The van der Waals surface area contributed by atoms with Gasteiger partial charge in [-0.05, 0) is 197 Å². The quantitative estimate of drug-likeness (QED) is 0.114. The Balaban J connectivity index is 0.000000119. The Morgan fingerprint density at radius 2 is 0.290 bits per heavy atom. The summed E-state index contributed by atoms with van der Waals surface area (Å²) in [7, 11) is 0. The second-order valence-corrected chi connectivity index (χ2v) is 25.3. The Hall–Kier alpha value is -12.5. The van der Waals surface area contributed by atoms with E-state index in [0.29, 0.717) is 0 Å². The molecule has 0 saturated carbocycles. The molecule has 100 heavy (non-hydrogen) atoms. The van der Waals surface area contributed by atoms with Crippen molar-refractivity contribution in [3.05, 3.63) is 435 Å². The molecule has 0 saturated heterocycles. The summed E-state index contributed by atoms with van der Waals surface area (Å²) >= 11 is 0. The topological polar surface area (TPSA) is 0 Å². The monoisotopic (exact) mass is 1280 g/mol. The third-order valence-electron chi connectivity index (χ3n) is 18.4. The standard InChI is InChI=1S/4C25H20/c1-19-15-17-21(18-16-19)23-12-6-8-14-25(23)24-13-7-5-11-22(24)20-9-3-2-4-10-20;1-19-9-5-6-16-25(19)24-15-8-14-23(18-24)22-13-7-12-21(17-22)20-10-3-2-4-11-20;1-19-10-5-6-15-23(19)21-13-9-14-22(18-21)25-17-8-7-16-24(25)20-11-3-2-4-12-20;1-19-14-16-21(17-15-19)24-12-5-6-13-25(24)23-11-7-10-22(18-23)20-8-3-2-4-9-20/h4*2-18H,1H3. The lowest BCUT2D eigenvalue weighted by atomic mass is 9.89. The predicted molar refractivity (Wildman–Crippen MR) is 430 cm³/mol. The molecule has 0 unspecified atom stereocenters. The normalized spacial score (nSPS) is 10.6. The second kappa shape index (κ2) is 32.5. The van der Waals surface area contributed by atoms with Crippen LogP contribution in [0.2, 0.25) is 0 Å². The van der Waals surface area contributed by atoms with Gasteiger partial charge in [0.25, 0.3) is 0 Å². The molecule has 0 heteroatoms. The van der Waals surface area contributed by atoms with Crippen LogP contribution in [0.25, 0.3) is 134 Å². The molecule has 0 fully saturated rings. The van der Waals surface area contributed by atoms with Crippen molar-refractivity contribution in [2.24, 2.45) is 0 Å². The van der Waals surface area contributed by atoms with Crippen molar-refractivity contribution < 1.29 is 0 Å². The molecule has 0 aliphatic rings. The van der Waals surface area contributed by atoms with Gasteiger partial charge >= 0.3 is 0 Å². The average Bonchev–Trinajstić information content (AvgIpc) is 0.830. The molecular formula is C100H80. The van der Waals surface area contributed by atoms with Crippen molar-refractivity contribution in [1.29, 1.82) is 0 Å². The van der Waals surface area contributed by atoms with Gasteiger partial charge in [-0.3, -0.25) is 0 Å². The zero-order chi connectivity index (χ0) is 68.2. The maximum Gasteiger partial charge on any atom is -0.00992 e. The second-order valence-electron chi connectivity index (χ2n) is 25.3. The first-order chi connectivity index (χ1) is 49.3. The summed E-state index contributed by atoms with van der Waals surface area (Å²) in [5, 5.41) is 0. The lowest BCUT2D eigenvalue weighted by Gasteiger charge is -2.14. The Morgan fingerprint density at radius 1 is 0.110 bits per heavy atom. The number of hydrogen-bond donors (Lipinski definition) is 0. The van der Waals surface area contributed by atoms with E-state index in [0.717, 1.165) is 0 Å². The van der Waals surface area contributed by atoms with E-state index in [-0.39, 0.29) is 0 Å². The fraction of sp³-hybridized carbons (Fsp3) is 0.0400. The summed E-state index contributed by atoms with van der Waals surface area (Å²) in [6.07, 6.45) is 0. The van der Waals surface area contributed by atoms with Gasteiger partial charge in [-0.15, -0.1) is 0 Å². The van der Waals surface area contributed by atoms with E-state index >= 15 is 0 Å². The van der Waals surface area contributed by atoms with E-state index in [9.17, 15) is 0 Å². The van der Waals surface area contributed by atoms with Gasteiger partial charge in [-0.1, -0.05) is 399 Å². The van der Waals surface area contributed by atoms with Crippen LogP contribution in [0.15, 0.2) is 413 Å². The summed E-state index contributed by atoms with van der Waals surface area (Å²) in [5.74, 6) is 0. The summed E-state index contributed by atoms with van der Waals surface area (Å²) in [6.45, 7) is 8.58. The summed E-state index contributed by atoms with van der Waals surface area (Å²) in [5.41, 5.74) is 35.4. The van der Waals surface area contributed by atoms with Crippen LogP contribution >= 0.6 is 0 Å². The van der Waals surface area contributed by atoms with Crippen LogP contribution in [-0.4, -0.2) is 0 Å². The molecule has 0 bridgehead atoms. The van der Waals surface area contributed by atoms with Crippen molar-refractivity contribution in [3.8, 4) is 134 Å². The minimum Gasteiger partial charge on any atom is -0.0622 e. The maximum atomic E-state index is 2.30. The van der Waals surface area contributed by atoms with E-state index in [1.165, 1.54) is 156 Å². The minimum absolute atomic E-state index is 1.25. The smallest absolute Gasteiger partial charge is 0.00992 e. The third kappa shape index (κ3) is 16.3. The van der Waals surface area contributed by atoms with Crippen LogP contribution in [0.5, 0.6) is 0 Å². The van der Waals surface area contributed by atoms with E-state index in [1.807, 2.05) is 0 Å². The molecular weight excluding hydrogens is 1200 g/mol. The molecule has 0 radical (unpaired) electrons. The van der Waals surface area contributed by atoms with Gasteiger partial charge in [0.05, 0.1) is 0 Å². The molecule has 480 valence electrons. The van der Waals surface area contributed by atoms with Gasteiger partial charge in [-0.25, -0.2) is 0 Å². The summed E-state index contributed by atoms with van der Waals surface area (Å²) in [6, 6.07) is 147. The maximum absolute atomic E-state index is 2.30.